The second-order valence-corrected chi connectivity index (χ2v) is 5.99. The lowest BCUT2D eigenvalue weighted by Crippen LogP contribution is -2.34. The van der Waals surface area contributed by atoms with Gasteiger partial charge in [0.15, 0.2) is 0 Å². The highest BCUT2D eigenvalue weighted by Crippen LogP contribution is 2.21. The number of hydrogen-bond donors (Lipinski definition) is 0. The van der Waals surface area contributed by atoms with Crippen molar-refractivity contribution in [1.29, 1.82) is 0 Å². The van der Waals surface area contributed by atoms with Gasteiger partial charge in [-0.3, -0.25) is 4.79 Å². The van der Waals surface area contributed by atoms with Crippen molar-refractivity contribution in [3.8, 4) is 5.69 Å². The number of hydrogen-bond acceptors (Lipinski definition) is 3. The van der Waals surface area contributed by atoms with Crippen LogP contribution in [0.5, 0.6) is 0 Å². The number of nitrogens with zero attached hydrogens (tertiary/aromatic N) is 1. The van der Waals surface area contributed by atoms with E-state index < -0.39 is 0 Å². The van der Waals surface area contributed by atoms with Gasteiger partial charge < -0.3 is 4.74 Å². The quantitative estimate of drug-likeness (QED) is 0.406. The molecule has 0 saturated heterocycles. The first-order valence-electron chi connectivity index (χ1n) is 7.57. The second kappa shape index (κ2) is 7.29. The van der Waals surface area contributed by atoms with Gasteiger partial charge in [0.05, 0.1) is 6.61 Å². The van der Waals surface area contributed by atoms with Crippen LogP contribution in [0.25, 0.3) is 16.6 Å². The molecule has 3 rings (SSSR count). The molecule has 0 spiro atoms. The minimum atomic E-state index is -0.190. The van der Waals surface area contributed by atoms with Crippen LogP contribution in [-0.4, -0.2) is 18.3 Å². The van der Waals surface area contributed by atoms with E-state index in [1.807, 2.05) is 37.3 Å². The number of para-hydroxylation sites is 2. The number of aromatic nitrogens is 1. The van der Waals surface area contributed by atoms with Crippen molar-refractivity contribution in [2.75, 3.05) is 12.4 Å². The van der Waals surface area contributed by atoms with Gasteiger partial charge in [0.2, 0.25) is 16.2 Å². The van der Waals surface area contributed by atoms with Crippen molar-refractivity contribution >= 4 is 28.6 Å². The van der Waals surface area contributed by atoms with Crippen LogP contribution < -0.4 is 4.57 Å². The maximum Gasteiger partial charge on any atom is 0.316 e. The van der Waals surface area contributed by atoms with Gasteiger partial charge in [0.25, 0.3) is 0 Å². The van der Waals surface area contributed by atoms with Crippen LogP contribution in [0.15, 0.2) is 71.8 Å². The van der Waals surface area contributed by atoms with Crippen molar-refractivity contribution in [2.45, 2.75) is 11.9 Å². The molecule has 1 aromatic heterocycles. The van der Waals surface area contributed by atoms with Crippen LogP contribution in [0.3, 0.4) is 0 Å². The molecular weight excluding hydrogens is 306 g/mol. The molecule has 0 bridgehead atoms. The number of fused-ring (bicyclic) bond motifs is 1. The SMILES string of the molecule is CCOC(=O)CSc1ccc2ccccc2[n+]1-c1ccccc1. The van der Waals surface area contributed by atoms with Crippen molar-refractivity contribution in [2.24, 2.45) is 0 Å². The molecule has 0 unspecified atom stereocenters. The summed E-state index contributed by atoms with van der Waals surface area (Å²) in [5.74, 6) is 0.115. The summed E-state index contributed by atoms with van der Waals surface area (Å²) < 4.78 is 7.21. The van der Waals surface area contributed by atoms with E-state index in [-0.39, 0.29) is 5.97 Å². The number of ether oxygens (including phenoxy) is 1. The summed E-state index contributed by atoms with van der Waals surface area (Å²) in [5.41, 5.74) is 2.20. The third-order valence-electron chi connectivity index (χ3n) is 3.46. The summed E-state index contributed by atoms with van der Waals surface area (Å²) in [5, 5.41) is 2.18. The molecule has 0 radical (unpaired) electrons. The Morgan fingerprint density at radius 2 is 1.74 bits per heavy atom. The summed E-state index contributed by atoms with van der Waals surface area (Å²) in [6, 6.07) is 22.6. The molecule has 0 aliphatic heterocycles. The van der Waals surface area contributed by atoms with Gasteiger partial charge >= 0.3 is 5.97 Å². The highest BCUT2D eigenvalue weighted by atomic mass is 32.2. The monoisotopic (exact) mass is 324 g/mol. The summed E-state index contributed by atoms with van der Waals surface area (Å²) in [6.07, 6.45) is 0. The molecule has 2 aromatic carbocycles. The number of carbonyl (C=O) groups is 1. The van der Waals surface area contributed by atoms with Crippen molar-refractivity contribution in [3.63, 3.8) is 0 Å². The van der Waals surface area contributed by atoms with Crippen LogP contribution in [0.4, 0.5) is 0 Å². The van der Waals surface area contributed by atoms with Gasteiger partial charge in [0.1, 0.15) is 5.75 Å². The summed E-state index contributed by atoms with van der Waals surface area (Å²) in [7, 11) is 0. The average Bonchev–Trinajstić information content (AvgIpc) is 2.60. The van der Waals surface area contributed by atoms with Gasteiger partial charge in [-0.15, -0.1) is 4.57 Å². The van der Waals surface area contributed by atoms with Crippen molar-refractivity contribution in [1.82, 2.24) is 0 Å². The van der Waals surface area contributed by atoms with Gasteiger partial charge in [-0.05, 0) is 30.8 Å². The highest BCUT2D eigenvalue weighted by Gasteiger charge is 2.19. The lowest BCUT2D eigenvalue weighted by molar-refractivity contribution is -0.608. The first-order chi connectivity index (χ1) is 11.3. The summed E-state index contributed by atoms with van der Waals surface area (Å²) >= 11 is 1.49. The predicted octanol–water partition coefficient (Wildman–Crippen LogP) is 3.77. The van der Waals surface area contributed by atoms with Crippen molar-refractivity contribution < 1.29 is 14.1 Å². The molecular formula is C19H18NO2S+. The molecule has 0 amide bonds. The molecule has 3 nitrogen and oxygen atoms in total. The fraction of sp³-hybridized carbons (Fsp3) is 0.158. The second-order valence-electron chi connectivity index (χ2n) is 5.00. The van der Waals surface area contributed by atoms with E-state index in [4.69, 9.17) is 4.74 Å². The Morgan fingerprint density at radius 1 is 1.00 bits per heavy atom. The molecule has 23 heavy (non-hydrogen) atoms. The maximum absolute atomic E-state index is 11.7. The molecule has 0 aliphatic carbocycles. The molecule has 0 atom stereocenters. The Hall–Kier alpha value is -2.33. The molecule has 116 valence electrons. The zero-order valence-electron chi connectivity index (χ0n) is 12.9. The maximum atomic E-state index is 11.7. The van der Waals surface area contributed by atoms with Gasteiger partial charge in [-0.2, -0.15) is 0 Å². The van der Waals surface area contributed by atoms with Crippen LogP contribution in [0, 0.1) is 0 Å². The lowest BCUT2D eigenvalue weighted by Gasteiger charge is -2.06. The Labute approximate surface area is 139 Å². The molecule has 1 heterocycles. The minimum absolute atomic E-state index is 0.190. The summed E-state index contributed by atoms with van der Waals surface area (Å²) in [4.78, 5) is 11.7. The Morgan fingerprint density at radius 3 is 2.52 bits per heavy atom. The molecule has 0 fully saturated rings. The topological polar surface area (TPSA) is 30.2 Å². The Bertz CT molecular complexity index is 818. The van der Waals surface area contributed by atoms with Crippen LogP contribution in [-0.2, 0) is 9.53 Å². The number of pyridine rings is 1. The molecule has 0 N–H and O–H groups in total. The standard InChI is InChI=1S/C19H18NO2S/c1-2-22-19(21)14-23-18-13-12-15-8-6-7-11-17(15)20(18)16-9-4-3-5-10-16/h3-13H,2,14H2,1H3/q+1. The number of carbonyl (C=O) groups excluding carboxylic acids is 1. The van der Waals surface area contributed by atoms with E-state index in [2.05, 4.69) is 41.0 Å². The minimum Gasteiger partial charge on any atom is -0.465 e. The number of esters is 1. The molecule has 0 aliphatic rings. The average molecular weight is 324 g/mol. The Balaban J connectivity index is 2.05. The highest BCUT2D eigenvalue weighted by molar-refractivity contribution is 7.99. The van der Waals surface area contributed by atoms with Gasteiger partial charge in [0, 0.05) is 29.7 Å². The fourth-order valence-electron chi connectivity index (χ4n) is 2.48. The van der Waals surface area contributed by atoms with E-state index >= 15 is 0 Å². The van der Waals surface area contributed by atoms with E-state index in [1.165, 1.54) is 11.8 Å². The first-order valence-corrected chi connectivity index (χ1v) is 8.56. The largest absolute Gasteiger partial charge is 0.465 e. The smallest absolute Gasteiger partial charge is 0.316 e. The Kier molecular flexibility index (Phi) is 4.93. The van der Waals surface area contributed by atoms with Crippen LogP contribution in [0.2, 0.25) is 0 Å². The molecule has 4 heteroatoms. The third kappa shape index (κ3) is 3.54. The predicted molar refractivity (Wildman–Crippen MR) is 92.8 cm³/mol. The van der Waals surface area contributed by atoms with Gasteiger partial charge in [-0.25, -0.2) is 0 Å². The van der Waals surface area contributed by atoms with E-state index in [9.17, 15) is 4.79 Å². The van der Waals surface area contributed by atoms with Gasteiger partial charge in [-0.1, -0.05) is 30.3 Å². The van der Waals surface area contributed by atoms with Crippen LogP contribution in [0.1, 0.15) is 6.92 Å². The number of thioether (sulfide) groups is 1. The zero-order valence-corrected chi connectivity index (χ0v) is 13.8. The third-order valence-corrected chi connectivity index (χ3v) is 4.46. The van der Waals surface area contributed by atoms with Crippen molar-refractivity contribution in [3.05, 3.63) is 66.7 Å². The normalized spacial score (nSPS) is 10.7. The van der Waals surface area contributed by atoms with E-state index in [0.29, 0.717) is 12.4 Å². The van der Waals surface area contributed by atoms with E-state index in [1.54, 1.807) is 0 Å². The van der Waals surface area contributed by atoms with E-state index in [0.717, 1.165) is 21.6 Å². The summed E-state index contributed by atoms with van der Waals surface area (Å²) in [6.45, 7) is 2.23. The molecule has 0 saturated carbocycles. The number of benzene rings is 2. The van der Waals surface area contributed by atoms with Crippen LogP contribution >= 0.6 is 11.8 Å². The first kappa shape index (κ1) is 15.6. The number of rotatable bonds is 5. The fourth-order valence-corrected chi connectivity index (χ4v) is 3.32. The molecule has 3 aromatic rings. The zero-order chi connectivity index (χ0) is 16.1. The lowest BCUT2D eigenvalue weighted by atomic mass is 10.2.